The zero-order valence-corrected chi connectivity index (χ0v) is 71.5. The van der Waals surface area contributed by atoms with Gasteiger partial charge in [-0.2, -0.15) is 0 Å². The number of hydrogen-bond acceptors (Lipinski definition) is 15. The Labute approximate surface area is 669 Å². The number of amides is 4. The summed E-state index contributed by atoms with van der Waals surface area (Å²) in [6, 6.07) is 33.6. The number of benzene rings is 2. The Balaban J connectivity index is 0.922. The summed E-state index contributed by atoms with van der Waals surface area (Å²) >= 11 is 9.51. The molecule has 0 saturated heterocycles. The van der Waals surface area contributed by atoms with Gasteiger partial charge >= 0.3 is 12.2 Å². The van der Waals surface area contributed by atoms with Crippen LogP contribution in [0.1, 0.15) is 281 Å². The molecule has 0 atom stereocenters. The first-order chi connectivity index (χ1) is 52.1. The molecule has 8 heterocycles. The molecule has 17 heteroatoms. The van der Waals surface area contributed by atoms with Crippen LogP contribution in [0.5, 0.6) is 17.2 Å². The third-order valence-corrected chi connectivity index (χ3v) is 27.4. The highest BCUT2D eigenvalue weighted by Crippen LogP contribution is 2.53. The number of rotatable bonds is 44. The van der Waals surface area contributed by atoms with Crippen molar-refractivity contribution in [1.29, 1.82) is 0 Å². The van der Waals surface area contributed by atoms with Crippen molar-refractivity contribution in [2.75, 3.05) is 19.8 Å². The molecule has 0 spiro atoms. The number of unbranched alkanes of at least 4 members (excludes halogenated alkanes) is 27. The largest absolute Gasteiger partial charge is 0.490 e. The van der Waals surface area contributed by atoms with Gasteiger partial charge in [-0.15, -0.1) is 68.0 Å². The number of fused-ring (bicyclic) bond motifs is 1. The highest BCUT2D eigenvalue weighted by Gasteiger charge is 2.55. The normalized spacial score (nSPS) is 13.3. The van der Waals surface area contributed by atoms with Crippen LogP contribution in [0.15, 0.2) is 108 Å². The van der Waals surface area contributed by atoms with Crippen molar-refractivity contribution in [1.82, 2.24) is 9.80 Å². The smallest absolute Gasteiger partial charge is 0.422 e. The van der Waals surface area contributed by atoms with Gasteiger partial charge in [0.1, 0.15) is 11.2 Å². The molecule has 0 bridgehead atoms. The van der Waals surface area contributed by atoms with E-state index < -0.39 is 35.2 Å². The van der Waals surface area contributed by atoms with Crippen molar-refractivity contribution >= 4 is 103 Å². The highest BCUT2D eigenvalue weighted by molar-refractivity contribution is 7.28. The zero-order valence-electron chi connectivity index (χ0n) is 66.6. The molecular weight excluding hydrogens is 1460 g/mol. The second kappa shape index (κ2) is 41.1. The standard InChI is InChI=1S/C91H118N2O9S6/c1-13-16-19-22-25-28-31-34-37-40-55-98-67-60-66(61-68(99-56-41-38-35-32-29-26-23-20-17-14-2)85(67)100-57-42-39-36-33-30-27-24-21-18-15-3)70-44-46-72(104-70)74-48-50-76(106-74)78-52-54-80(108-78)84-82-81(86(94)93(84)89(97)102-91(10,11)12)83(92(87(82)95)88(96)101-90(7,8)9)79-53-51-77(107-79)75-49-47-73(105-75)71-45-43-69(103-71)65-58-62(4)64(6)63(5)59-65/h43-54,58-61H,13-42,55-57H2,1-12H3. The summed E-state index contributed by atoms with van der Waals surface area (Å²) in [7, 11) is 0. The predicted octanol–water partition coefficient (Wildman–Crippen LogP) is 29.6. The first-order valence-corrected chi connectivity index (χ1v) is 45.4. The van der Waals surface area contributed by atoms with Crippen LogP contribution < -0.4 is 14.2 Å². The summed E-state index contributed by atoms with van der Waals surface area (Å²) < 4.78 is 32.5. The molecule has 0 fully saturated rings. The number of thiophene rings is 6. The van der Waals surface area contributed by atoms with E-state index in [0.717, 1.165) is 115 Å². The number of hydrogen-bond donors (Lipinski definition) is 0. The van der Waals surface area contributed by atoms with Gasteiger partial charge in [-0.3, -0.25) is 9.59 Å². The molecule has 2 aromatic carbocycles. The third kappa shape index (κ3) is 23.0. The van der Waals surface area contributed by atoms with E-state index in [1.807, 2.05) is 24.3 Å². The maximum Gasteiger partial charge on any atom is 0.422 e. The molecule has 0 aliphatic carbocycles. The fourth-order valence-corrected chi connectivity index (χ4v) is 20.4. The lowest BCUT2D eigenvalue weighted by Crippen LogP contribution is -2.40. The number of nitrogens with zero attached hydrogens (tertiary/aromatic N) is 2. The van der Waals surface area contributed by atoms with Gasteiger partial charge in [0.05, 0.1) is 52.1 Å². The van der Waals surface area contributed by atoms with Gasteiger partial charge in [0.2, 0.25) is 5.75 Å². The fraction of sp³-hybridized carbons (Fsp3) is 0.516. The lowest BCUT2D eigenvalue weighted by molar-refractivity contribution is -0.123. The predicted molar refractivity (Wildman–Crippen MR) is 459 cm³/mol. The average molecular weight is 1580 g/mol. The summed E-state index contributed by atoms with van der Waals surface area (Å²) in [5, 5.41) is 0. The van der Waals surface area contributed by atoms with E-state index in [1.165, 1.54) is 204 Å². The molecular formula is C91H118N2O9S6. The maximum atomic E-state index is 15.4. The van der Waals surface area contributed by atoms with E-state index in [2.05, 4.69) is 114 Å². The average Bonchev–Trinajstić information content (AvgIpc) is 1.54. The zero-order chi connectivity index (χ0) is 76.7. The van der Waals surface area contributed by atoms with Crippen molar-refractivity contribution < 1.29 is 42.9 Å². The van der Waals surface area contributed by atoms with Crippen LogP contribution >= 0.6 is 68.0 Å². The number of aryl methyl sites for hydroxylation is 2. The molecule has 2 aliphatic heterocycles. The minimum Gasteiger partial charge on any atom is -0.490 e. The molecule has 108 heavy (non-hydrogen) atoms. The van der Waals surface area contributed by atoms with Gasteiger partial charge in [0.25, 0.3) is 11.8 Å². The quantitative estimate of drug-likeness (QED) is 0.0344. The highest BCUT2D eigenvalue weighted by atomic mass is 32.1. The SMILES string of the molecule is CCCCCCCCCCCCOc1cc(-c2ccc(-c3ccc(-c4ccc(C5=C6C(=O)N(C(=O)OC(C)(C)C)C(c7ccc(-c8ccc(-c9ccc(-c%10cc(C)c(C)c(C)c%10)s9)s8)s7)=C6C(=O)N5C(=O)OC(C)(C)C)s4)s3)s2)cc(OCCCCCCCCCCCC)c1OCCCCCCCCCCCC. The Morgan fingerprint density at radius 1 is 0.324 bits per heavy atom. The Morgan fingerprint density at radius 2 is 0.565 bits per heavy atom. The summed E-state index contributed by atoms with van der Waals surface area (Å²) in [5.41, 5.74) is 4.08. The van der Waals surface area contributed by atoms with Gasteiger partial charge in [-0.05, 0) is 194 Å². The van der Waals surface area contributed by atoms with Crippen LogP contribution in [-0.2, 0) is 19.1 Å². The summed E-state index contributed by atoms with van der Waals surface area (Å²) in [6.45, 7) is 25.6. The van der Waals surface area contributed by atoms with E-state index >= 15 is 9.59 Å². The molecule has 11 nitrogen and oxygen atoms in total. The van der Waals surface area contributed by atoms with E-state index in [1.54, 1.807) is 86.9 Å². The van der Waals surface area contributed by atoms with Crippen LogP contribution in [-0.4, -0.2) is 64.8 Å². The van der Waals surface area contributed by atoms with E-state index in [0.29, 0.717) is 29.6 Å². The Hall–Kier alpha value is -6.60. The number of ether oxygens (including phenoxy) is 5. The summed E-state index contributed by atoms with van der Waals surface area (Å²) in [6.07, 6.45) is 35.8. The number of carbonyl (C=O) groups excluding carboxylic acids is 4. The third-order valence-electron chi connectivity index (χ3n) is 20.0. The molecule has 6 aromatic heterocycles. The van der Waals surface area contributed by atoms with Gasteiger partial charge < -0.3 is 23.7 Å². The maximum absolute atomic E-state index is 15.4. The number of carbonyl (C=O) groups is 4. The van der Waals surface area contributed by atoms with Gasteiger partial charge in [-0.1, -0.05) is 206 Å². The van der Waals surface area contributed by atoms with Gasteiger partial charge in [-0.25, -0.2) is 19.4 Å². The molecule has 582 valence electrons. The van der Waals surface area contributed by atoms with E-state index in [-0.39, 0.29) is 22.5 Å². The minimum absolute atomic E-state index is 0.0615. The molecule has 0 unspecified atom stereocenters. The van der Waals surface area contributed by atoms with Crippen molar-refractivity contribution in [3.05, 3.63) is 135 Å². The van der Waals surface area contributed by atoms with Crippen molar-refractivity contribution in [2.45, 2.75) is 287 Å². The molecule has 0 N–H and O–H groups in total. The van der Waals surface area contributed by atoms with E-state index in [4.69, 9.17) is 23.7 Å². The van der Waals surface area contributed by atoms with Gasteiger partial charge in [0.15, 0.2) is 11.5 Å². The Morgan fingerprint density at radius 3 is 0.861 bits per heavy atom. The molecule has 0 saturated carbocycles. The fourth-order valence-electron chi connectivity index (χ4n) is 13.9. The van der Waals surface area contributed by atoms with Gasteiger partial charge in [0, 0.05) is 48.8 Å². The molecule has 10 rings (SSSR count). The van der Waals surface area contributed by atoms with Crippen LogP contribution in [0.3, 0.4) is 0 Å². The first kappa shape index (κ1) is 83.9. The molecule has 8 aromatic rings. The van der Waals surface area contributed by atoms with Crippen LogP contribution in [0.25, 0.3) is 71.3 Å². The van der Waals surface area contributed by atoms with Crippen molar-refractivity contribution in [3.63, 3.8) is 0 Å². The topological polar surface area (TPSA) is 121 Å². The molecule has 2 aliphatic rings. The lowest BCUT2D eigenvalue weighted by atomic mass is 10.00. The van der Waals surface area contributed by atoms with E-state index in [9.17, 15) is 9.59 Å². The van der Waals surface area contributed by atoms with Crippen LogP contribution in [0.2, 0.25) is 0 Å². The second-order valence-corrected chi connectivity index (χ2v) is 37.8. The monoisotopic (exact) mass is 1570 g/mol. The van der Waals surface area contributed by atoms with Crippen LogP contribution in [0, 0.1) is 20.8 Å². The van der Waals surface area contributed by atoms with Crippen LogP contribution in [0.4, 0.5) is 9.59 Å². The Kier molecular flexibility index (Phi) is 31.9. The second-order valence-electron chi connectivity index (χ2n) is 31.3. The lowest BCUT2D eigenvalue weighted by Gasteiger charge is -2.27. The van der Waals surface area contributed by atoms with Crippen molar-refractivity contribution in [2.24, 2.45) is 0 Å². The number of imide groups is 2. The summed E-state index contributed by atoms with van der Waals surface area (Å²) in [4.78, 5) is 73.5. The van der Waals surface area contributed by atoms with Crippen molar-refractivity contribution in [3.8, 4) is 77.1 Å². The Bertz CT molecular complexity index is 4250. The first-order valence-electron chi connectivity index (χ1n) is 40.5. The minimum atomic E-state index is -0.996. The summed E-state index contributed by atoms with van der Waals surface area (Å²) in [5.74, 6) is 0.674. The molecule has 4 amide bonds. The molecule has 0 radical (unpaired) electrons.